The second-order valence-corrected chi connectivity index (χ2v) is 9.39. The standard InChI is InChI=1S/C26H37F3/c1-2-3-4-5-20-6-10-22(11-7-20)24-14-16-25(17-15-24)23-12-8-21(9-13-23)18-19-26(27,28)29/h14-23H,2-13H2,1H3/t20-,21-,22-,23-. The van der Waals surface area contributed by atoms with Gasteiger partial charge in [-0.05, 0) is 86.2 Å². The van der Waals surface area contributed by atoms with Crippen molar-refractivity contribution in [2.24, 2.45) is 11.8 Å². The van der Waals surface area contributed by atoms with Crippen LogP contribution in [0.15, 0.2) is 36.4 Å². The van der Waals surface area contributed by atoms with Crippen LogP contribution < -0.4 is 0 Å². The number of allylic oxidation sites excluding steroid dienone is 2. The maximum atomic E-state index is 12.3. The van der Waals surface area contributed by atoms with Crippen LogP contribution in [0.2, 0.25) is 0 Å². The van der Waals surface area contributed by atoms with Crippen LogP contribution in [-0.2, 0) is 0 Å². The molecule has 2 saturated carbocycles. The highest BCUT2D eigenvalue weighted by Crippen LogP contribution is 2.40. The van der Waals surface area contributed by atoms with E-state index in [1.165, 1.54) is 68.6 Å². The van der Waals surface area contributed by atoms with E-state index in [4.69, 9.17) is 0 Å². The monoisotopic (exact) mass is 406 g/mol. The Morgan fingerprint density at radius 1 is 0.793 bits per heavy atom. The highest BCUT2D eigenvalue weighted by Gasteiger charge is 2.26. The fourth-order valence-corrected chi connectivity index (χ4v) is 5.40. The van der Waals surface area contributed by atoms with Crippen LogP contribution in [-0.4, -0.2) is 6.18 Å². The number of unbranched alkanes of at least 4 members (excludes halogenated alkanes) is 2. The molecule has 3 rings (SSSR count). The number of hydrogen-bond acceptors (Lipinski definition) is 0. The molecule has 0 aliphatic heterocycles. The Morgan fingerprint density at radius 3 is 1.79 bits per heavy atom. The van der Waals surface area contributed by atoms with Gasteiger partial charge >= 0.3 is 6.18 Å². The van der Waals surface area contributed by atoms with Gasteiger partial charge in [-0.15, -0.1) is 0 Å². The summed E-state index contributed by atoms with van der Waals surface area (Å²) in [5, 5.41) is 0. The Labute approximate surface area is 175 Å². The average molecular weight is 407 g/mol. The predicted octanol–water partition coefficient (Wildman–Crippen LogP) is 8.93. The lowest BCUT2D eigenvalue weighted by atomic mass is 9.75. The van der Waals surface area contributed by atoms with Gasteiger partial charge < -0.3 is 0 Å². The molecule has 0 radical (unpaired) electrons. The first-order valence-electron chi connectivity index (χ1n) is 11.8. The van der Waals surface area contributed by atoms with E-state index in [0.29, 0.717) is 12.0 Å². The van der Waals surface area contributed by atoms with Crippen LogP contribution in [0, 0.1) is 11.8 Å². The third-order valence-electron chi connectivity index (χ3n) is 7.27. The van der Waals surface area contributed by atoms with Crippen LogP contribution in [0.5, 0.6) is 0 Å². The fraction of sp³-hybridized carbons (Fsp3) is 0.692. The van der Waals surface area contributed by atoms with Gasteiger partial charge in [-0.3, -0.25) is 0 Å². The summed E-state index contributed by atoms with van der Waals surface area (Å²) in [6, 6.07) is 9.23. The molecular formula is C26H37F3. The van der Waals surface area contributed by atoms with Gasteiger partial charge in [0.15, 0.2) is 0 Å². The first kappa shape index (κ1) is 22.4. The zero-order valence-electron chi connectivity index (χ0n) is 17.9. The van der Waals surface area contributed by atoms with E-state index in [1.807, 2.05) is 0 Å². The number of halogens is 3. The van der Waals surface area contributed by atoms with E-state index in [1.54, 1.807) is 0 Å². The van der Waals surface area contributed by atoms with Crippen molar-refractivity contribution in [3.05, 3.63) is 47.5 Å². The maximum absolute atomic E-state index is 12.3. The molecule has 1 aromatic carbocycles. The van der Waals surface area contributed by atoms with Gasteiger partial charge in [-0.25, -0.2) is 0 Å². The first-order chi connectivity index (χ1) is 13.9. The van der Waals surface area contributed by atoms with Crippen molar-refractivity contribution in [3.63, 3.8) is 0 Å². The van der Waals surface area contributed by atoms with E-state index in [9.17, 15) is 13.2 Å². The molecule has 0 aromatic heterocycles. The molecule has 2 aliphatic rings. The van der Waals surface area contributed by atoms with E-state index in [0.717, 1.165) is 37.5 Å². The highest BCUT2D eigenvalue weighted by atomic mass is 19.4. The van der Waals surface area contributed by atoms with Gasteiger partial charge in [0.05, 0.1) is 0 Å². The minimum atomic E-state index is -4.18. The largest absolute Gasteiger partial charge is 0.409 e. The van der Waals surface area contributed by atoms with Crippen molar-refractivity contribution >= 4 is 0 Å². The van der Waals surface area contributed by atoms with E-state index >= 15 is 0 Å². The normalized spacial score (nSPS) is 28.7. The van der Waals surface area contributed by atoms with Crippen molar-refractivity contribution in [1.82, 2.24) is 0 Å². The van der Waals surface area contributed by atoms with Crippen molar-refractivity contribution in [1.29, 1.82) is 0 Å². The lowest BCUT2D eigenvalue weighted by Crippen LogP contribution is -2.14. The summed E-state index contributed by atoms with van der Waals surface area (Å²) in [7, 11) is 0. The Hall–Kier alpha value is -1.25. The van der Waals surface area contributed by atoms with E-state index < -0.39 is 6.18 Å². The molecule has 0 bridgehead atoms. The molecule has 162 valence electrons. The molecule has 0 N–H and O–H groups in total. The molecular weight excluding hydrogens is 369 g/mol. The lowest BCUT2D eigenvalue weighted by molar-refractivity contribution is -0.0803. The summed E-state index contributed by atoms with van der Waals surface area (Å²) in [5.74, 6) is 2.25. The van der Waals surface area contributed by atoms with Gasteiger partial charge in [0.2, 0.25) is 0 Å². The molecule has 0 unspecified atom stereocenters. The van der Waals surface area contributed by atoms with Crippen LogP contribution >= 0.6 is 0 Å². The van der Waals surface area contributed by atoms with Gasteiger partial charge in [0.1, 0.15) is 0 Å². The number of alkyl halides is 3. The Bertz CT molecular complexity index is 612. The van der Waals surface area contributed by atoms with Crippen LogP contribution in [0.1, 0.15) is 107 Å². The molecule has 0 spiro atoms. The summed E-state index contributed by atoms with van der Waals surface area (Å²) in [4.78, 5) is 0. The predicted molar refractivity (Wildman–Crippen MR) is 115 cm³/mol. The quantitative estimate of drug-likeness (QED) is 0.313. The molecule has 29 heavy (non-hydrogen) atoms. The van der Waals surface area contributed by atoms with Gasteiger partial charge in [0, 0.05) is 6.08 Å². The number of hydrogen-bond donors (Lipinski definition) is 0. The molecule has 3 heteroatoms. The molecule has 2 aliphatic carbocycles. The lowest BCUT2D eigenvalue weighted by Gasteiger charge is -2.30. The SMILES string of the molecule is CCCCC[C@H]1CC[C@H](c2ccc([C@H]3CC[C@H](C=CC(F)(F)F)CC3)cc2)CC1. The minimum absolute atomic E-state index is 0.0830. The fourth-order valence-electron chi connectivity index (χ4n) is 5.40. The van der Waals surface area contributed by atoms with Gasteiger partial charge in [0.25, 0.3) is 0 Å². The molecule has 2 fully saturated rings. The van der Waals surface area contributed by atoms with Crippen LogP contribution in [0.25, 0.3) is 0 Å². The summed E-state index contributed by atoms with van der Waals surface area (Å²) in [6.07, 6.45) is 12.2. The van der Waals surface area contributed by atoms with Crippen molar-refractivity contribution in [3.8, 4) is 0 Å². The Morgan fingerprint density at radius 2 is 1.31 bits per heavy atom. The molecule has 0 amide bonds. The zero-order chi connectivity index (χ0) is 20.7. The van der Waals surface area contributed by atoms with Crippen molar-refractivity contribution in [2.45, 2.75) is 102 Å². The Kier molecular flexibility index (Phi) is 8.26. The average Bonchev–Trinajstić information content (AvgIpc) is 2.73. The van der Waals surface area contributed by atoms with E-state index in [-0.39, 0.29) is 5.92 Å². The second-order valence-electron chi connectivity index (χ2n) is 9.39. The summed E-state index contributed by atoms with van der Waals surface area (Å²) >= 11 is 0. The molecule has 0 atom stereocenters. The molecule has 0 saturated heterocycles. The smallest absolute Gasteiger partial charge is 0.167 e. The summed E-state index contributed by atoms with van der Waals surface area (Å²) in [6.45, 7) is 2.28. The third kappa shape index (κ3) is 7.19. The topological polar surface area (TPSA) is 0 Å². The van der Waals surface area contributed by atoms with Crippen molar-refractivity contribution < 1.29 is 13.2 Å². The molecule has 0 nitrogen and oxygen atoms in total. The first-order valence-corrected chi connectivity index (χ1v) is 11.8. The second kappa shape index (κ2) is 10.7. The van der Waals surface area contributed by atoms with Crippen LogP contribution in [0.3, 0.4) is 0 Å². The van der Waals surface area contributed by atoms with Gasteiger partial charge in [-0.2, -0.15) is 13.2 Å². The maximum Gasteiger partial charge on any atom is 0.409 e. The third-order valence-corrected chi connectivity index (χ3v) is 7.27. The summed E-state index contributed by atoms with van der Waals surface area (Å²) in [5.41, 5.74) is 2.86. The Balaban J connectivity index is 1.45. The number of benzene rings is 1. The highest BCUT2D eigenvalue weighted by molar-refractivity contribution is 5.28. The number of rotatable bonds is 7. The zero-order valence-corrected chi connectivity index (χ0v) is 17.9. The van der Waals surface area contributed by atoms with Gasteiger partial charge in [-0.1, -0.05) is 62.9 Å². The summed E-state index contributed by atoms with van der Waals surface area (Å²) < 4.78 is 37.0. The molecule has 0 heterocycles. The minimum Gasteiger partial charge on any atom is -0.167 e. The van der Waals surface area contributed by atoms with E-state index in [2.05, 4.69) is 31.2 Å². The van der Waals surface area contributed by atoms with Crippen LogP contribution in [0.4, 0.5) is 13.2 Å². The molecule has 1 aromatic rings. The van der Waals surface area contributed by atoms with Crippen molar-refractivity contribution in [2.75, 3.05) is 0 Å².